The summed E-state index contributed by atoms with van der Waals surface area (Å²) >= 11 is 0. The van der Waals surface area contributed by atoms with Crippen molar-refractivity contribution in [3.05, 3.63) is 0 Å². The fourth-order valence-corrected chi connectivity index (χ4v) is 2.14. The molecule has 1 heterocycles. The third-order valence-corrected chi connectivity index (χ3v) is 2.85. The minimum Gasteiger partial charge on any atom is -0.466 e. The van der Waals surface area contributed by atoms with Gasteiger partial charge in [-0.25, -0.2) is 0 Å². The SMILES string of the molecule is CCOC(=O)CC[NH+]1CCC[C@@H](C)C1. The zero-order valence-corrected chi connectivity index (χ0v) is 9.34. The minimum absolute atomic E-state index is 0.0433. The molecule has 1 aliphatic heterocycles. The molecule has 1 aliphatic rings. The molecule has 1 N–H and O–H groups in total. The molecular formula is C11H22NO2+. The van der Waals surface area contributed by atoms with Crippen LogP contribution in [0.5, 0.6) is 0 Å². The summed E-state index contributed by atoms with van der Waals surface area (Å²) in [4.78, 5) is 12.7. The smallest absolute Gasteiger partial charge is 0.311 e. The van der Waals surface area contributed by atoms with E-state index in [1.54, 1.807) is 4.90 Å². The predicted octanol–water partition coefficient (Wildman–Crippen LogP) is 0.254. The summed E-state index contributed by atoms with van der Waals surface area (Å²) in [6, 6.07) is 0. The molecule has 1 unspecified atom stereocenters. The second kappa shape index (κ2) is 6.02. The molecule has 2 atom stereocenters. The van der Waals surface area contributed by atoms with Gasteiger partial charge in [-0.15, -0.1) is 0 Å². The average Bonchev–Trinajstić information content (AvgIpc) is 2.15. The highest BCUT2D eigenvalue weighted by atomic mass is 16.5. The number of rotatable bonds is 4. The van der Waals surface area contributed by atoms with Crippen LogP contribution < -0.4 is 4.90 Å². The standard InChI is InChI=1S/C11H21NO2/c1-3-14-11(13)6-8-12-7-4-5-10(2)9-12/h10H,3-9H2,1-2H3/p+1/t10-/m1/s1. The van der Waals surface area contributed by atoms with Crippen molar-refractivity contribution in [1.29, 1.82) is 0 Å². The first kappa shape index (κ1) is 11.5. The number of ether oxygens (including phenoxy) is 1. The van der Waals surface area contributed by atoms with Gasteiger partial charge in [0.25, 0.3) is 0 Å². The Morgan fingerprint density at radius 1 is 1.57 bits per heavy atom. The summed E-state index contributed by atoms with van der Waals surface area (Å²) in [6.45, 7) is 8.05. The fourth-order valence-electron chi connectivity index (χ4n) is 2.14. The highest BCUT2D eigenvalue weighted by molar-refractivity contribution is 5.69. The summed E-state index contributed by atoms with van der Waals surface area (Å²) < 4.78 is 4.91. The van der Waals surface area contributed by atoms with E-state index in [1.165, 1.54) is 25.9 Å². The van der Waals surface area contributed by atoms with Gasteiger partial charge in [-0.3, -0.25) is 4.79 Å². The molecule has 82 valence electrons. The average molecular weight is 200 g/mol. The maximum Gasteiger partial charge on any atom is 0.311 e. The number of hydrogen-bond acceptors (Lipinski definition) is 2. The van der Waals surface area contributed by atoms with E-state index < -0.39 is 0 Å². The Morgan fingerprint density at radius 2 is 2.36 bits per heavy atom. The molecule has 1 saturated heterocycles. The van der Waals surface area contributed by atoms with Crippen molar-refractivity contribution in [1.82, 2.24) is 0 Å². The van der Waals surface area contributed by atoms with Crippen molar-refractivity contribution in [3.63, 3.8) is 0 Å². The van der Waals surface area contributed by atoms with Crippen LogP contribution in [0.15, 0.2) is 0 Å². The zero-order valence-electron chi connectivity index (χ0n) is 9.34. The molecule has 14 heavy (non-hydrogen) atoms. The lowest BCUT2D eigenvalue weighted by atomic mass is 10.0. The van der Waals surface area contributed by atoms with Crippen molar-refractivity contribution in [2.24, 2.45) is 5.92 Å². The monoisotopic (exact) mass is 200 g/mol. The first-order valence-corrected chi connectivity index (χ1v) is 5.71. The number of quaternary nitrogens is 1. The molecule has 3 nitrogen and oxygen atoms in total. The van der Waals surface area contributed by atoms with Gasteiger partial charge in [0.15, 0.2) is 0 Å². The van der Waals surface area contributed by atoms with Crippen LogP contribution in [0, 0.1) is 5.92 Å². The Labute approximate surface area is 86.4 Å². The van der Waals surface area contributed by atoms with E-state index in [2.05, 4.69) is 6.92 Å². The molecule has 3 heteroatoms. The lowest BCUT2D eigenvalue weighted by Gasteiger charge is -2.27. The Kier molecular flexibility index (Phi) is 4.94. The van der Waals surface area contributed by atoms with Gasteiger partial charge >= 0.3 is 5.97 Å². The third kappa shape index (κ3) is 4.09. The first-order chi connectivity index (χ1) is 6.72. The van der Waals surface area contributed by atoms with Gasteiger partial charge in [0, 0.05) is 5.92 Å². The third-order valence-electron chi connectivity index (χ3n) is 2.85. The van der Waals surface area contributed by atoms with Crippen LogP contribution in [0.3, 0.4) is 0 Å². The summed E-state index contributed by atoms with van der Waals surface area (Å²) in [6.07, 6.45) is 3.23. The molecular weight excluding hydrogens is 178 g/mol. The van der Waals surface area contributed by atoms with Gasteiger partial charge in [0.05, 0.1) is 32.7 Å². The maximum atomic E-state index is 11.1. The summed E-state index contributed by atoms with van der Waals surface area (Å²) in [7, 11) is 0. The Balaban J connectivity index is 2.14. The quantitative estimate of drug-likeness (QED) is 0.660. The number of esters is 1. The Morgan fingerprint density at radius 3 is 3.00 bits per heavy atom. The number of hydrogen-bond donors (Lipinski definition) is 1. The van der Waals surface area contributed by atoms with Crippen LogP contribution >= 0.6 is 0 Å². The zero-order chi connectivity index (χ0) is 10.4. The molecule has 1 rings (SSSR count). The van der Waals surface area contributed by atoms with Crippen LogP contribution in [-0.2, 0) is 9.53 Å². The Bertz CT molecular complexity index is 182. The largest absolute Gasteiger partial charge is 0.466 e. The van der Waals surface area contributed by atoms with Crippen molar-refractivity contribution < 1.29 is 14.4 Å². The molecule has 1 fully saturated rings. The van der Waals surface area contributed by atoms with Crippen molar-refractivity contribution in [2.75, 3.05) is 26.2 Å². The normalized spacial score (nSPS) is 27.3. The maximum absolute atomic E-state index is 11.1. The molecule has 0 saturated carbocycles. The molecule has 0 aromatic heterocycles. The van der Waals surface area contributed by atoms with E-state index in [0.717, 1.165) is 12.5 Å². The van der Waals surface area contributed by atoms with Crippen molar-refractivity contribution >= 4 is 5.97 Å². The molecule has 0 aliphatic carbocycles. The molecule has 0 bridgehead atoms. The van der Waals surface area contributed by atoms with E-state index in [1.807, 2.05) is 6.92 Å². The van der Waals surface area contributed by atoms with E-state index in [-0.39, 0.29) is 5.97 Å². The molecule has 0 radical (unpaired) electrons. The van der Waals surface area contributed by atoms with Crippen LogP contribution in [0.4, 0.5) is 0 Å². The first-order valence-electron chi connectivity index (χ1n) is 5.71. The second-order valence-corrected chi connectivity index (χ2v) is 4.26. The molecule has 0 amide bonds. The van der Waals surface area contributed by atoms with Crippen LogP contribution in [-0.4, -0.2) is 32.2 Å². The minimum atomic E-state index is -0.0433. The number of nitrogens with one attached hydrogen (secondary N) is 1. The van der Waals surface area contributed by atoms with Crippen molar-refractivity contribution in [2.45, 2.75) is 33.1 Å². The lowest BCUT2D eigenvalue weighted by molar-refractivity contribution is -0.908. The number of carbonyl (C=O) groups excluding carboxylic acids is 1. The van der Waals surface area contributed by atoms with Gasteiger partial charge in [-0.1, -0.05) is 6.92 Å². The van der Waals surface area contributed by atoms with Gasteiger partial charge in [-0.05, 0) is 19.8 Å². The number of likely N-dealkylation sites (tertiary alicyclic amines) is 1. The molecule has 0 spiro atoms. The Hall–Kier alpha value is -0.570. The van der Waals surface area contributed by atoms with Crippen LogP contribution in [0.1, 0.15) is 33.1 Å². The summed E-state index contributed by atoms with van der Waals surface area (Å²) in [5.41, 5.74) is 0. The van der Waals surface area contributed by atoms with E-state index in [9.17, 15) is 4.79 Å². The van der Waals surface area contributed by atoms with Gasteiger partial charge in [-0.2, -0.15) is 0 Å². The summed E-state index contributed by atoms with van der Waals surface area (Å²) in [5, 5.41) is 0. The molecule has 0 aromatic rings. The molecule has 0 aromatic carbocycles. The summed E-state index contributed by atoms with van der Waals surface area (Å²) in [5.74, 6) is 0.777. The van der Waals surface area contributed by atoms with Gasteiger partial charge < -0.3 is 9.64 Å². The fraction of sp³-hybridized carbons (Fsp3) is 0.909. The van der Waals surface area contributed by atoms with E-state index in [4.69, 9.17) is 4.74 Å². The predicted molar refractivity (Wildman–Crippen MR) is 55.2 cm³/mol. The van der Waals surface area contributed by atoms with Gasteiger partial charge in [0.1, 0.15) is 0 Å². The highest BCUT2D eigenvalue weighted by Crippen LogP contribution is 2.04. The van der Waals surface area contributed by atoms with Gasteiger partial charge in [0.2, 0.25) is 0 Å². The van der Waals surface area contributed by atoms with Crippen LogP contribution in [0.25, 0.3) is 0 Å². The number of carbonyl (C=O) groups is 1. The number of piperidine rings is 1. The second-order valence-electron chi connectivity index (χ2n) is 4.26. The lowest BCUT2D eigenvalue weighted by Crippen LogP contribution is -3.13. The van der Waals surface area contributed by atoms with E-state index in [0.29, 0.717) is 13.0 Å². The topological polar surface area (TPSA) is 30.7 Å². The van der Waals surface area contributed by atoms with Crippen molar-refractivity contribution in [3.8, 4) is 0 Å². The van der Waals surface area contributed by atoms with Crippen LogP contribution in [0.2, 0.25) is 0 Å². The van der Waals surface area contributed by atoms with E-state index >= 15 is 0 Å². The highest BCUT2D eigenvalue weighted by Gasteiger charge is 2.20.